The summed E-state index contributed by atoms with van der Waals surface area (Å²) in [5.74, 6) is -1.35. The van der Waals surface area contributed by atoms with Crippen molar-refractivity contribution in [1.82, 2.24) is 0 Å². The van der Waals surface area contributed by atoms with Crippen LogP contribution in [-0.2, 0) is 11.2 Å². The minimum absolute atomic E-state index is 0.0519. The van der Waals surface area contributed by atoms with Crippen LogP contribution in [-0.4, -0.2) is 35.8 Å². The number of halogens is 1. The molecule has 150 valence electrons. The van der Waals surface area contributed by atoms with Crippen molar-refractivity contribution in [3.05, 3.63) is 100 Å². The largest absolute Gasteiger partial charge is 0.478 e. The molecule has 0 radical (unpaired) electrons. The number of carboxylic acids is 1. The minimum Gasteiger partial charge on any atom is -0.478 e. The van der Waals surface area contributed by atoms with E-state index in [1.165, 1.54) is 11.0 Å². The highest BCUT2D eigenvalue weighted by Crippen LogP contribution is 2.33. The topological polar surface area (TPSA) is 70.0 Å². The van der Waals surface area contributed by atoms with Gasteiger partial charge >= 0.3 is 5.97 Å². The first-order valence-electron chi connectivity index (χ1n) is 9.47. The molecule has 0 fully saturated rings. The molecule has 0 aromatic heterocycles. The number of anilines is 1. The molecule has 1 atom stereocenters. The number of benzene rings is 3. The van der Waals surface area contributed by atoms with Gasteiger partial charge in [0, 0.05) is 24.6 Å². The van der Waals surface area contributed by atoms with Crippen molar-refractivity contribution in [2.24, 2.45) is 4.99 Å². The summed E-state index contributed by atoms with van der Waals surface area (Å²) in [6, 6.07) is 21.6. The third-order valence-corrected chi connectivity index (χ3v) is 5.46. The van der Waals surface area contributed by atoms with Crippen molar-refractivity contribution in [2.45, 2.75) is 12.5 Å². The van der Waals surface area contributed by atoms with Crippen LogP contribution in [0, 0.1) is 0 Å². The first-order chi connectivity index (χ1) is 14.5. The molecule has 1 N–H and O–H groups in total. The minimum atomic E-state index is -1.15. The summed E-state index contributed by atoms with van der Waals surface area (Å²) in [6.45, 7) is 0. The fraction of sp³-hybridized carbons (Fsp3) is 0.125. The molecule has 6 heteroatoms. The number of nitrogens with zero attached hydrogens (tertiary/aromatic N) is 2. The van der Waals surface area contributed by atoms with Crippen molar-refractivity contribution in [1.29, 1.82) is 0 Å². The van der Waals surface area contributed by atoms with Gasteiger partial charge in [-0.2, -0.15) is 0 Å². The highest BCUT2D eigenvalue weighted by atomic mass is 35.5. The summed E-state index contributed by atoms with van der Waals surface area (Å²) in [7, 11) is 1.64. The molecule has 3 aromatic carbocycles. The predicted octanol–water partition coefficient (Wildman–Crippen LogP) is 4.46. The predicted molar refractivity (Wildman–Crippen MR) is 118 cm³/mol. The number of fused-ring (bicyclic) bond motifs is 1. The maximum absolute atomic E-state index is 13.3. The lowest BCUT2D eigenvalue weighted by Crippen LogP contribution is -2.36. The number of amides is 1. The summed E-state index contributed by atoms with van der Waals surface area (Å²) >= 11 is 6.27. The summed E-state index contributed by atoms with van der Waals surface area (Å²) in [5, 5.41) is 9.61. The number of hydrogen-bond acceptors (Lipinski definition) is 3. The Balaban J connectivity index is 1.91. The summed E-state index contributed by atoms with van der Waals surface area (Å²) in [4.78, 5) is 31.2. The number of hydrogen-bond donors (Lipinski definition) is 1. The maximum atomic E-state index is 13.3. The Morgan fingerprint density at radius 3 is 2.33 bits per heavy atom. The van der Waals surface area contributed by atoms with Crippen LogP contribution in [0.25, 0.3) is 0 Å². The van der Waals surface area contributed by atoms with Gasteiger partial charge in [-0.1, -0.05) is 72.3 Å². The number of aliphatic imine (C=N–C) groups is 1. The summed E-state index contributed by atoms with van der Waals surface area (Å²) in [6.07, 6.45) is 0.438. The molecular weight excluding hydrogens is 400 g/mol. The van der Waals surface area contributed by atoms with Crippen LogP contribution in [0.3, 0.4) is 0 Å². The van der Waals surface area contributed by atoms with Crippen LogP contribution in [0.1, 0.15) is 27.0 Å². The van der Waals surface area contributed by atoms with Gasteiger partial charge in [0.1, 0.15) is 6.04 Å². The second-order valence-electron chi connectivity index (χ2n) is 7.10. The molecule has 4 rings (SSSR count). The van der Waals surface area contributed by atoms with Gasteiger partial charge < -0.3 is 10.0 Å². The van der Waals surface area contributed by atoms with E-state index in [0.717, 1.165) is 11.1 Å². The molecule has 0 aliphatic carbocycles. The Morgan fingerprint density at radius 2 is 1.70 bits per heavy atom. The standard InChI is InChI=1S/C24H19ClN2O3/c1-27-21-14-17(24(29)30)19(25)13-18(21)22(16-10-6-3-7-11-16)26-20(23(27)28)12-15-8-4-2-5-9-15/h2-11,13-14,20H,12H2,1H3,(H,29,30)/t20-/m0/s1. The smallest absolute Gasteiger partial charge is 0.337 e. The van der Waals surface area contributed by atoms with Crippen LogP contribution in [0.4, 0.5) is 5.69 Å². The van der Waals surface area contributed by atoms with Gasteiger partial charge in [-0.05, 0) is 17.7 Å². The number of aromatic carboxylic acids is 1. The summed E-state index contributed by atoms with van der Waals surface area (Å²) in [5.41, 5.74) is 3.49. The zero-order chi connectivity index (χ0) is 21.3. The Kier molecular flexibility index (Phi) is 5.38. The van der Waals surface area contributed by atoms with E-state index in [4.69, 9.17) is 16.6 Å². The first-order valence-corrected chi connectivity index (χ1v) is 9.85. The molecule has 1 aliphatic rings. The Hall–Kier alpha value is -3.44. The zero-order valence-electron chi connectivity index (χ0n) is 16.2. The van der Waals surface area contributed by atoms with E-state index in [2.05, 4.69) is 0 Å². The van der Waals surface area contributed by atoms with Gasteiger partial charge in [0.05, 0.1) is 22.0 Å². The van der Waals surface area contributed by atoms with Crippen LogP contribution in [0.15, 0.2) is 77.8 Å². The van der Waals surface area contributed by atoms with E-state index in [-0.39, 0.29) is 16.5 Å². The van der Waals surface area contributed by atoms with Crippen LogP contribution in [0.5, 0.6) is 0 Å². The molecule has 0 saturated carbocycles. The number of benzodiazepines with no additional fused rings is 1. The van der Waals surface area contributed by atoms with E-state index in [9.17, 15) is 14.7 Å². The molecule has 5 nitrogen and oxygen atoms in total. The number of likely N-dealkylation sites (N-methyl/N-ethyl adjacent to an activating group) is 1. The highest BCUT2D eigenvalue weighted by molar-refractivity contribution is 6.35. The van der Waals surface area contributed by atoms with Gasteiger partial charge in [0.15, 0.2) is 0 Å². The average Bonchev–Trinajstić information content (AvgIpc) is 2.85. The molecular formula is C24H19ClN2O3. The Bertz CT molecular complexity index is 1140. The fourth-order valence-corrected chi connectivity index (χ4v) is 3.86. The number of carbonyl (C=O) groups excluding carboxylic acids is 1. The Labute approximate surface area is 179 Å². The molecule has 1 aliphatic heterocycles. The fourth-order valence-electron chi connectivity index (χ4n) is 3.61. The number of carbonyl (C=O) groups is 2. The van der Waals surface area contributed by atoms with Crippen molar-refractivity contribution in [3.63, 3.8) is 0 Å². The van der Waals surface area contributed by atoms with Crippen LogP contribution >= 0.6 is 11.6 Å². The zero-order valence-corrected chi connectivity index (χ0v) is 17.0. The van der Waals surface area contributed by atoms with Crippen molar-refractivity contribution < 1.29 is 14.7 Å². The third kappa shape index (κ3) is 3.72. The third-order valence-electron chi connectivity index (χ3n) is 5.15. The highest BCUT2D eigenvalue weighted by Gasteiger charge is 2.31. The second-order valence-corrected chi connectivity index (χ2v) is 7.51. The lowest BCUT2D eigenvalue weighted by atomic mass is 9.98. The van der Waals surface area contributed by atoms with E-state index in [0.29, 0.717) is 23.4 Å². The number of rotatable bonds is 4. The Morgan fingerprint density at radius 1 is 1.07 bits per heavy atom. The molecule has 0 bridgehead atoms. The average molecular weight is 419 g/mol. The first kappa shape index (κ1) is 19.9. The van der Waals surface area contributed by atoms with E-state index in [1.54, 1.807) is 13.1 Å². The van der Waals surface area contributed by atoms with E-state index in [1.807, 2.05) is 60.7 Å². The van der Waals surface area contributed by atoms with Gasteiger partial charge in [-0.15, -0.1) is 0 Å². The lowest BCUT2D eigenvalue weighted by Gasteiger charge is -2.21. The maximum Gasteiger partial charge on any atom is 0.337 e. The van der Waals surface area contributed by atoms with Gasteiger partial charge in [0.25, 0.3) is 5.91 Å². The van der Waals surface area contributed by atoms with Crippen LogP contribution in [0.2, 0.25) is 5.02 Å². The van der Waals surface area contributed by atoms with Gasteiger partial charge in [-0.25, -0.2) is 4.79 Å². The second kappa shape index (κ2) is 8.13. The molecule has 1 heterocycles. The molecule has 30 heavy (non-hydrogen) atoms. The van der Waals surface area contributed by atoms with Crippen molar-refractivity contribution in [3.8, 4) is 0 Å². The quantitative estimate of drug-likeness (QED) is 0.679. The summed E-state index contributed by atoms with van der Waals surface area (Å²) < 4.78 is 0. The SMILES string of the molecule is CN1C(=O)[C@H](Cc2ccccc2)N=C(c2ccccc2)c2cc(Cl)c(C(=O)O)cc21. The van der Waals surface area contributed by atoms with Crippen molar-refractivity contribution >= 4 is 34.9 Å². The lowest BCUT2D eigenvalue weighted by molar-refractivity contribution is -0.119. The molecule has 1 amide bonds. The number of carboxylic acid groups (broad SMARTS) is 1. The molecule has 0 saturated heterocycles. The molecule has 3 aromatic rings. The molecule has 0 spiro atoms. The van der Waals surface area contributed by atoms with Gasteiger partial charge in [-0.3, -0.25) is 9.79 Å². The van der Waals surface area contributed by atoms with E-state index < -0.39 is 12.0 Å². The monoisotopic (exact) mass is 418 g/mol. The van der Waals surface area contributed by atoms with E-state index >= 15 is 0 Å². The molecule has 0 unspecified atom stereocenters. The normalized spacial score (nSPS) is 15.9. The van der Waals surface area contributed by atoms with Gasteiger partial charge in [0.2, 0.25) is 0 Å². The van der Waals surface area contributed by atoms with Crippen LogP contribution < -0.4 is 4.90 Å². The van der Waals surface area contributed by atoms with Crippen molar-refractivity contribution in [2.75, 3.05) is 11.9 Å².